The van der Waals surface area contributed by atoms with Gasteiger partial charge in [-0.25, -0.2) is 14.8 Å². The Labute approximate surface area is 187 Å². The number of carboxylic acids is 1. The minimum Gasteiger partial charge on any atom is -0.477 e. The van der Waals surface area contributed by atoms with Crippen molar-refractivity contribution in [1.82, 2.24) is 15.3 Å². The van der Waals surface area contributed by atoms with Gasteiger partial charge in [0, 0.05) is 36.2 Å². The lowest BCUT2D eigenvalue weighted by Gasteiger charge is -2.27. The van der Waals surface area contributed by atoms with Crippen LogP contribution in [0.5, 0.6) is 5.88 Å². The van der Waals surface area contributed by atoms with E-state index in [-0.39, 0.29) is 18.1 Å². The number of nitrogens with one attached hydrogen (secondary N) is 1. The second kappa shape index (κ2) is 12.7. The van der Waals surface area contributed by atoms with E-state index in [4.69, 9.17) is 26.2 Å². The molecule has 0 amide bonds. The molecule has 0 radical (unpaired) electrons. The van der Waals surface area contributed by atoms with Crippen LogP contribution in [0.2, 0.25) is 5.02 Å². The highest BCUT2D eigenvalue weighted by Gasteiger charge is 2.22. The van der Waals surface area contributed by atoms with Gasteiger partial charge in [0.2, 0.25) is 5.88 Å². The molecule has 2 aliphatic rings. The number of pyridine rings is 2. The first-order valence-electron chi connectivity index (χ1n) is 9.88. The van der Waals surface area contributed by atoms with Crippen molar-refractivity contribution in [2.45, 2.75) is 37.7 Å². The van der Waals surface area contributed by atoms with Gasteiger partial charge >= 0.3 is 5.97 Å². The third-order valence-corrected chi connectivity index (χ3v) is 5.20. The van der Waals surface area contributed by atoms with Gasteiger partial charge in [-0.2, -0.15) is 0 Å². The van der Waals surface area contributed by atoms with E-state index in [0.717, 1.165) is 57.9 Å². The molecule has 0 spiro atoms. The molecule has 0 aliphatic carbocycles. The second-order valence-corrected chi connectivity index (χ2v) is 7.45. The molecule has 2 N–H and O–H groups in total. The number of piperidine rings is 1. The maximum atomic E-state index is 10.2. The summed E-state index contributed by atoms with van der Waals surface area (Å²) < 4.78 is 11.6. The number of carbonyl (C=O) groups is 1. The Morgan fingerprint density at radius 1 is 1.13 bits per heavy atom. The summed E-state index contributed by atoms with van der Waals surface area (Å²) in [4.78, 5) is 18.3. The molecule has 4 heterocycles. The van der Waals surface area contributed by atoms with Crippen LogP contribution in [0.25, 0.3) is 0 Å². The summed E-state index contributed by atoms with van der Waals surface area (Å²) in [7, 11) is 0. The van der Waals surface area contributed by atoms with Gasteiger partial charge in [-0.15, -0.1) is 12.4 Å². The second-order valence-electron chi connectivity index (χ2n) is 7.02. The summed E-state index contributed by atoms with van der Waals surface area (Å²) in [6.45, 7) is 3.80. The molecular weight excluding hydrogens is 429 g/mol. The summed E-state index contributed by atoms with van der Waals surface area (Å²) in [5.74, 6) is 0.322. The van der Waals surface area contributed by atoms with E-state index >= 15 is 0 Å². The van der Waals surface area contributed by atoms with E-state index in [1.54, 1.807) is 0 Å². The number of hydrogen-bond acceptors (Lipinski definition) is 6. The van der Waals surface area contributed by atoms with Crippen LogP contribution < -0.4 is 10.1 Å². The van der Waals surface area contributed by atoms with Crippen molar-refractivity contribution >= 4 is 30.0 Å². The molecule has 164 valence electrons. The van der Waals surface area contributed by atoms with Crippen molar-refractivity contribution in [3.63, 3.8) is 0 Å². The van der Waals surface area contributed by atoms with Gasteiger partial charge in [0.1, 0.15) is 11.8 Å². The quantitative estimate of drug-likeness (QED) is 0.719. The Kier molecular flexibility index (Phi) is 10.3. The van der Waals surface area contributed by atoms with Crippen molar-refractivity contribution in [3.05, 3.63) is 52.9 Å². The highest BCUT2D eigenvalue weighted by molar-refractivity contribution is 6.30. The van der Waals surface area contributed by atoms with Gasteiger partial charge in [-0.3, -0.25) is 0 Å². The third-order valence-electron chi connectivity index (χ3n) is 4.97. The van der Waals surface area contributed by atoms with Gasteiger partial charge < -0.3 is 19.9 Å². The number of rotatable bonds is 4. The normalized spacial score (nSPS) is 17.2. The molecule has 2 aromatic heterocycles. The predicted molar refractivity (Wildman–Crippen MR) is 117 cm³/mol. The van der Waals surface area contributed by atoms with Crippen molar-refractivity contribution in [1.29, 1.82) is 0 Å². The van der Waals surface area contributed by atoms with Gasteiger partial charge in [-0.05, 0) is 62.9 Å². The van der Waals surface area contributed by atoms with Crippen LogP contribution in [-0.2, 0) is 4.74 Å². The molecular formula is C21H27Cl2N3O4. The van der Waals surface area contributed by atoms with E-state index in [1.807, 2.05) is 12.3 Å². The average Bonchev–Trinajstić information content (AvgIpc) is 2.76. The Morgan fingerprint density at radius 3 is 2.50 bits per heavy atom. The topological polar surface area (TPSA) is 93.6 Å². The number of halogens is 2. The minimum atomic E-state index is -1.07. The van der Waals surface area contributed by atoms with Crippen LogP contribution in [0.15, 0.2) is 36.7 Å². The molecule has 0 aromatic carbocycles. The summed E-state index contributed by atoms with van der Waals surface area (Å²) >= 11 is 5.49. The first kappa shape index (κ1) is 24.3. The predicted octanol–water partition coefficient (Wildman–Crippen LogP) is 3.96. The molecule has 2 aliphatic heterocycles. The van der Waals surface area contributed by atoms with Crippen molar-refractivity contribution < 1.29 is 19.4 Å². The number of carboxylic acid groups (broad SMARTS) is 1. The number of ether oxygens (including phenoxy) is 2. The minimum absolute atomic E-state index is 0. The zero-order valence-corrected chi connectivity index (χ0v) is 18.2. The van der Waals surface area contributed by atoms with Gasteiger partial charge in [0.05, 0.1) is 0 Å². The fourth-order valence-corrected chi connectivity index (χ4v) is 3.57. The standard InChI is InChI=1S/C15H22N2O2.C6H4ClNO2.ClH/c1-2-14(12-5-10-18-11-6-12)15(17-7-1)19-13-3-8-16-9-4-13;7-4-1-2-8-5(3-4)6(9)10;/h1-2,7,12-13,16H,3-6,8-11H2;1-3H,(H,9,10);1H. The van der Waals surface area contributed by atoms with E-state index in [2.05, 4.69) is 21.4 Å². The lowest BCUT2D eigenvalue weighted by atomic mass is 9.92. The Bertz CT molecular complexity index is 797. The van der Waals surface area contributed by atoms with E-state index in [1.165, 1.54) is 23.9 Å². The fraction of sp³-hybridized carbons (Fsp3) is 0.476. The smallest absolute Gasteiger partial charge is 0.354 e. The lowest BCUT2D eigenvalue weighted by Crippen LogP contribution is -2.34. The van der Waals surface area contributed by atoms with E-state index in [9.17, 15) is 4.79 Å². The molecule has 0 unspecified atom stereocenters. The first-order chi connectivity index (χ1) is 14.1. The van der Waals surface area contributed by atoms with Crippen LogP contribution in [0.4, 0.5) is 0 Å². The molecule has 2 fully saturated rings. The van der Waals surface area contributed by atoms with E-state index < -0.39 is 5.97 Å². The highest BCUT2D eigenvalue weighted by Crippen LogP contribution is 2.33. The molecule has 4 rings (SSSR count). The number of hydrogen-bond donors (Lipinski definition) is 2. The van der Waals surface area contributed by atoms with Crippen LogP contribution in [0.3, 0.4) is 0 Å². The van der Waals surface area contributed by atoms with Crippen LogP contribution in [0.1, 0.15) is 47.7 Å². The molecule has 2 saturated heterocycles. The summed E-state index contributed by atoms with van der Waals surface area (Å²) in [5.41, 5.74) is 1.23. The molecule has 0 bridgehead atoms. The lowest BCUT2D eigenvalue weighted by molar-refractivity contribution is 0.0690. The number of aromatic nitrogens is 2. The molecule has 30 heavy (non-hydrogen) atoms. The largest absolute Gasteiger partial charge is 0.477 e. The van der Waals surface area contributed by atoms with Crippen molar-refractivity contribution in [2.75, 3.05) is 26.3 Å². The molecule has 0 saturated carbocycles. The Morgan fingerprint density at radius 2 is 1.87 bits per heavy atom. The van der Waals surface area contributed by atoms with Crippen molar-refractivity contribution in [3.8, 4) is 5.88 Å². The summed E-state index contributed by atoms with van der Waals surface area (Å²) in [5, 5.41) is 12.1. The SMILES string of the molecule is Cl.O=C(O)c1cc(Cl)ccn1.c1cnc(OC2CCNCC2)c(C2CCOCC2)c1. The molecule has 0 atom stereocenters. The molecule has 7 nitrogen and oxygen atoms in total. The average molecular weight is 456 g/mol. The van der Waals surface area contributed by atoms with Gasteiger partial charge in [-0.1, -0.05) is 17.7 Å². The highest BCUT2D eigenvalue weighted by atomic mass is 35.5. The van der Waals surface area contributed by atoms with Crippen molar-refractivity contribution in [2.24, 2.45) is 0 Å². The monoisotopic (exact) mass is 455 g/mol. The maximum absolute atomic E-state index is 10.2. The fourth-order valence-electron chi connectivity index (χ4n) is 3.41. The maximum Gasteiger partial charge on any atom is 0.354 e. The number of nitrogens with zero attached hydrogens (tertiary/aromatic N) is 2. The summed E-state index contributed by atoms with van der Waals surface area (Å²) in [6, 6.07) is 7.00. The molecule has 2 aromatic rings. The molecule has 9 heteroatoms. The number of aromatic carboxylic acids is 1. The summed E-state index contributed by atoms with van der Waals surface area (Å²) in [6.07, 6.45) is 7.80. The third kappa shape index (κ3) is 7.40. The zero-order chi connectivity index (χ0) is 20.5. The Balaban J connectivity index is 0.000000249. The van der Waals surface area contributed by atoms with Crippen LogP contribution >= 0.6 is 24.0 Å². The van der Waals surface area contributed by atoms with E-state index in [0.29, 0.717) is 17.0 Å². The van der Waals surface area contributed by atoms with Gasteiger partial charge in [0.25, 0.3) is 0 Å². The van der Waals surface area contributed by atoms with Crippen LogP contribution in [0, 0.1) is 0 Å². The zero-order valence-electron chi connectivity index (χ0n) is 16.6. The van der Waals surface area contributed by atoms with Gasteiger partial charge in [0.15, 0.2) is 0 Å². The first-order valence-corrected chi connectivity index (χ1v) is 10.3. The van der Waals surface area contributed by atoms with Crippen LogP contribution in [-0.4, -0.2) is 53.5 Å². The Hall–Kier alpha value is -1.93.